The van der Waals surface area contributed by atoms with Crippen LogP contribution in [0.3, 0.4) is 0 Å². The van der Waals surface area contributed by atoms with E-state index in [2.05, 4.69) is 37.8 Å². The summed E-state index contributed by atoms with van der Waals surface area (Å²) in [4.78, 5) is 36.2. The molecule has 0 saturated carbocycles. The zero-order chi connectivity index (χ0) is 32.0. The van der Waals surface area contributed by atoms with Gasteiger partial charge in [-0.15, -0.1) is 0 Å². The van der Waals surface area contributed by atoms with Gasteiger partial charge in [0, 0.05) is 35.0 Å². The molecule has 0 fully saturated rings. The highest BCUT2D eigenvalue weighted by Crippen LogP contribution is 2.47. The number of fused-ring (bicyclic) bond motifs is 1. The van der Waals surface area contributed by atoms with E-state index in [9.17, 15) is 25.0 Å². The molecule has 1 aliphatic carbocycles. The summed E-state index contributed by atoms with van der Waals surface area (Å²) in [5.41, 5.74) is 1.56. The van der Waals surface area contributed by atoms with Crippen LogP contribution in [0.4, 0.5) is 5.69 Å². The minimum absolute atomic E-state index is 0.0625. The van der Waals surface area contributed by atoms with Crippen LogP contribution in [0.5, 0.6) is 0 Å². The lowest BCUT2D eigenvalue weighted by Crippen LogP contribution is -2.27. The molecule has 8 nitrogen and oxygen atoms in total. The number of benzene rings is 1. The number of ketones is 1. The van der Waals surface area contributed by atoms with E-state index in [4.69, 9.17) is 0 Å². The van der Waals surface area contributed by atoms with Gasteiger partial charge in [-0.2, -0.15) is 0 Å². The fourth-order valence-corrected chi connectivity index (χ4v) is 6.35. The van der Waals surface area contributed by atoms with Crippen molar-refractivity contribution in [2.75, 3.05) is 11.4 Å². The van der Waals surface area contributed by atoms with Crippen molar-refractivity contribution in [2.45, 2.75) is 129 Å². The van der Waals surface area contributed by atoms with Crippen molar-refractivity contribution in [1.29, 1.82) is 0 Å². The van der Waals surface area contributed by atoms with Crippen molar-refractivity contribution < 1.29 is 14.6 Å². The van der Waals surface area contributed by atoms with Gasteiger partial charge in [-0.3, -0.25) is 25.0 Å². The summed E-state index contributed by atoms with van der Waals surface area (Å²) in [6.07, 6.45) is 26.2. The van der Waals surface area contributed by atoms with Crippen LogP contribution in [-0.2, 0) is 10.2 Å². The first-order valence-corrected chi connectivity index (χ1v) is 16.7. The zero-order valence-corrected chi connectivity index (χ0v) is 27.0. The second kappa shape index (κ2) is 17.7. The van der Waals surface area contributed by atoms with Gasteiger partial charge in [0.15, 0.2) is 0 Å². The summed E-state index contributed by atoms with van der Waals surface area (Å²) in [6.45, 7) is 7.32. The van der Waals surface area contributed by atoms with Crippen LogP contribution in [-0.4, -0.2) is 22.2 Å². The molecule has 8 heteroatoms. The highest BCUT2D eigenvalue weighted by molar-refractivity contribution is 6.10. The van der Waals surface area contributed by atoms with Gasteiger partial charge in [0.05, 0.1) is 15.9 Å². The van der Waals surface area contributed by atoms with Crippen LogP contribution >= 0.6 is 0 Å². The molecule has 0 N–H and O–H groups in total. The molecule has 1 aromatic carbocycles. The highest BCUT2D eigenvalue weighted by atomic mass is 16.6. The number of anilines is 1. The van der Waals surface area contributed by atoms with Gasteiger partial charge >= 0.3 is 5.70 Å². The summed E-state index contributed by atoms with van der Waals surface area (Å²) < 4.78 is 0. The predicted octanol–water partition coefficient (Wildman–Crippen LogP) is 9.76. The molecule has 1 aliphatic heterocycles. The van der Waals surface area contributed by atoms with Gasteiger partial charge in [-0.1, -0.05) is 135 Å². The van der Waals surface area contributed by atoms with Crippen molar-refractivity contribution in [1.82, 2.24) is 0 Å². The summed E-state index contributed by atoms with van der Waals surface area (Å²) >= 11 is 0. The second-order valence-corrected chi connectivity index (χ2v) is 12.7. The Hall–Kier alpha value is -3.55. The average Bonchev–Trinajstić information content (AvgIpc) is 3.21. The first kappa shape index (κ1) is 34.9. The number of nitro groups is 2. The third-order valence-electron chi connectivity index (χ3n) is 8.95. The Kier molecular flexibility index (Phi) is 14.0. The molecule has 3 rings (SSSR count). The van der Waals surface area contributed by atoms with Gasteiger partial charge < -0.3 is 4.90 Å². The van der Waals surface area contributed by atoms with Gasteiger partial charge in [0.1, 0.15) is 0 Å². The Labute approximate surface area is 263 Å². The molecule has 2 aliphatic rings. The predicted molar refractivity (Wildman–Crippen MR) is 178 cm³/mol. The van der Waals surface area contributed by atoms with E-state index in [1.807, 2.05) is 12.1 Å². The quantitative estimate of drug-likeness (QED) is 0.0634. The maximum atomic E-state index is 12.8. The third kappa shape index (κ3) is 9.73. The van der Waals surface area contributed by atoms with Crippen LogP contribution in [0.25, 0.3) is 0 Å². The number of Topliss-reactive ketones (excluding diaryl/α,β-unsaturated/α-hetero) is 1. The van der Waals surface area contributed by atoms with Crippen LogP contribution in [0, 0.1) is 20.2 Å². The molecule has 0 atom stereocenters. The fraction of sp³-hybridized carbons (Fsp3) is 0.583. The monoisotopic (exact) mass is 605 g/mol. The number of unbranched alkanes of at least 4 members (excludes halogenated alkanes) is 15. The second-order valence-electron chi connectivity index (χ2n) is 12.7. The standard InChI is InChI=1S/C36H51N3O5/c1-4-5-6-7-8-9-10-11-12-13-14-15-16-17-18-21-26-37-32-23-20-19-22-31(32)36(2,3)34(37)25-24-29-27-30(38(41)42)28-33(35(29)40)39(43)44/h19-20,22-25,27-28H,4-18,21,26H2,1-3H3/b29-24-,34-25+. The van der Waals surface area contributed by atoms with Crippen LogP contribution < -0.4 is 4.90 Å². The van der Waals surface area contributed by atoms with Crippen molar-refractivity contribution in [2.24, 2.45) is 0 Å². The summed E-state index contributed by atoms with van der Waals surface area (Å²) in [5, 5.41) is 22.8. The third-order valence-corrected chi connectivity index (χ3v) is 8.95. The molecule has 0 unspecified atom stereocenters. The van der Waals surface area contributed by atoms with Crippen LogP contribution in [0.2, 0.25) is 0 Å². The molecule has 44 heavy (non-hydrogen) atoms. The molecule has 0 saturated heterocycles. The smallest absolute Gasteiger partial charge is 0.323 e. The number of carbonyl (C=O) groups is 1. The van der Waals surface area contributed by atoms with Gasteiger partial charge in [0.25, 0.3) is 11.5 Å². The van der Waals surface area contributed by atoms with Gasteiger partial charge in [-0.05, 0) is 30.2 Å². The van der Waals surface area contributed by atoms with E-state index in [1.54, 1.807) is 6.08 Å². The van der Waals surface area contributed by atoms with E-state index in [0.717, 1.165) is 42.9 Å². The maximum Gasteiger partial charge on any atom is 0.323 e. The Morgan fingerprint density at radius 3 is 1.77 bits per heavy atom. The first-order valence-electron chi connectivity index (χ1n) is 16.7. The molecule has 240 valence electrons. The molecule has 1 heterocycles. The van der Waals surface area contributed by atoms with Crippen molar-refractivity contribution in [3.63, 3.8) is 0 Å². The minimum Gasteiger partial charge on any atom is -0.344 e. The van der Waals surface area contributed by atoms with Crippen molar-refractivity contribution in [3.05, 3.63) is 97.0 Å². The Balaban J connectivity index is 1.51. The molecule has 1 aromatic rings. The SMILES string of the molecule is CCCCCCCCCCCCCCCCCCN1/C(=C/C=C2/C=C([N+](=O)[O-])C=C([N+](=O)[O-])C2=O)C(C)(C)c2ccccc21. The first-order chi connectivity index (χ1) is 21.2. The van der Waals surface area contributed by atoms with Crippen LogP contribution in [0.1, 0.15) is 129 Å². The topological polar surface area (TPSA) is 107 Å². The van der Waals surface area contributed by atoms with E-state index < -0.39 is 27.0 Å². The summed E-state index contributed by atoms with van der Waals surface area (Å²) in [6, 6.07) is 8.23. The Morgan fingerprint density at radius 2 is 1.25 bits per heavy atom. The minimum atomic E-state index is -0.862. The number of hydrogen-bond acceptors (Lipinski definition) is 6. The van der Waals surface area contributed by atoms with E-state index >= 15 is 0 Å². The fourth-order valence-electron chi connectivity index (χ4n) is 6.35. The normalized spacial score (nSPS) is 17.6. The molecule has 0 radical (unpaired) electrons. The van der Waals surface area contributed by atoms with Crippen molar-refractivity contribution in [3.8, 4) is 0 Å². The molecule has 0 bridgehead atoms. The highest BCUT2D eigenvalue weighted by Gasteiger charge is 2.39. The Morgan fingerprint density at radius 1 is 0.727 bits per heavy atom. The zero-order valence-electron chi connectivity index (χ0n) is 27.0. The number of hydrogen-bond donors (Lipinski definition) is 0. The molecule has 0 aromatic heterocycles. The van der Waals surface area contributed by atoms with E-state index in [1.165, 1.54) is 102 Å². The van der Waals surface area contributed by atoms with E-state index in [0.29, 0.717) is 0 Å². The number of allylic oxidation sites excluding steroid dienone is 6. The molecule has 0 amide bonds. The summed E-state index contributed by atoms with van der Waals surface area (Å²) in [7, 11) is 0. The van der Waals surface area contributed by atoms with Crippen LogP contribution in [0.15, 0.2) is 71.2 Å². The molecular weight excluding hydrogens is 554 g/mol. The lowest BCUT2D eigenvalue weighted by molar-refractivity contribution is -0.431. The van der Waals surface area contributed by atoms with Crippen molar-refractivity contribution >= 4 is 11.5 Å². The average molecular weight is 606 g/mol. The number of nitrogens with zero attached hydrogens (tertiary/aromatic N) is 3. The number of carbonyl (C=O) groups excluding carboxylic acids is 1. The number of rotatable bonds is 20. The number of para-hydroxylation sites is 1. The molecule has 0 spiro atoms. The largest absolute Gasteiger partial charge is 0.344 e. The maximum absolute atomic E-state index is 12.8. The van der Waals surface area contributed by atoms with Gasteiger partial charge in [-0.25, -0.2) is 0 Å². The lowest BCUT2D eigenvalue weighted by atomic mass is 9.83. The lowest BCUT2D eigenvalue weighted by Gasteiger charge is -2.27. The molecular formula is C36H51N3O5. The van der Waals surface area contributed by atoms with E-state index in [-0.39, 0.29) is 11.0 Å². The summed E-state index contributed by atoms with van der Waals surface area (Å²) in [5.74, 6) is -0.824. The van der Waals surface area contributed by atoms with Gasteiger partial charge in [0.2, 0.25) is 0 Å². The Bertz CT molecular complexity index is 1270.